The van der Waals surface area contributed by atoms with Crippen LogP contribution >= 0.6 is 11.3 Å². The lowest BCUT2D eigenvalue weighted by atomic mass is 9.67. The van der Waals surface area contributed by atoms with E-state index in [1.54, 1.807) is 0 Å². The average molecular weight is 771 g/mol. The van der Waals surface area contributed by atoms with Crippen LogP contribution in [0, 0.1) is 0 Å². The third-order valence-electron chi connectivity index (χ3n) is 13.0. The SMILES string of the molecule is CC1(C)c2ccccc2-c2ccc(-c3nc(-c4ccc5c(c4)C(c4ccccc4)(c4ccccc4)c4ccccc4-5)cc(-c4ccc5sc6ccccc6c5c4)n3)cc21. The predicted molar refractivity (Wildman–Crippen MR) is 246 cm³/mol. The summed E-state index contributed by atoms with van der Waals surface area (Å²) in [6.45, 7) is 4.66. The molecule has 0 unspecified atom stereocenters. The Hall–Kier alpha value is -6.94. The zero-order chi connectivity index (χ0) is 39.3. The van der Waals surface area contributed by atoms with Gasteiger partial charge in [0.1, 0.15) is 0 Å². The standard InChI is InChI=1S/C56H38N2S/c1-55(2)46-22-12-9-19-40(46)42-29-26-37(33-48(42)55)54-57-50(35-27-30-53-45(31-35)44-21-11-14-24-52(44)59-53)34-51(58-54)36-25-28-43-41-20-10-13-23-47(41)56(49(43)32-36,38-15-5-3-6-16-38)39-17-7-4-8-18-39/h3-34H,1-2H3. The molecule has 0 aliphatic heterocycles. The third kappa shape index (κ3) is 4.98. The Balaban J connectivity index is 1.10. The predicted octanol–water partition coefficient (Wildman–Crippen LogP) is 14.5. The molecule has 0 amide bonds. The van der Waals surface area contributed by atoms with Crippen LogP contribution in [0.1, 0.15) is 47.2 Å². The molecule has 2 aliphatic carbocycles. The zero-order valence-electron chi connectivity index (χ0n) is 32.8. The van der Waals surface area contributed by atoms with E-state index in [0.717, 1.165) is 33.9 Å². The molecule has 0 bridgehead atoms. The molecule has 0 radical (unpaired) electrons. The molecule has 0 fully saturated rings. The molecule has 10 aromatic rings. The fraction of sp³-hybridized carbons (Fsp3) is 0.0714. The lowest BCUT2D eigenvalue weighted by molar-refractivity contribution is 0.660. The summed E-state index contributed by atoms with van der Waals surface area (Å²) in [6, 6.07) is 71.3. The van der Waals surface area contributed by atoms with Gasteiger partial charge in [0.2, 0.25) is 0 Å². The molecule has 0 saturated heterocycles. The van der Waals surface area contributed by atoms with Gasteiger partial charge < -0.3 is 0 Å². The lowest BCUT2D eigenvalue weighted by Gasteiger charge is -2.34. The number of fused-ring (bicyclic) bond motifs is 9. The fourth-order valence-electron chi connectivity index (χ4n) is 10.2. The second-order valence-electron chi connectivity index (χ2n) is 16.5. The normalized spacial score (nSPS) is 14.2. The zero-order valence-corrected chi connectivity index (χ0v) is 33.6. The minimum Gasteiger partial charge on any atom is -0.228 e. The van der Waals surface area contributed by atoms with Crippen LogP contribution in [0.3, 0.4) is 0 Å². The monoisotopic (exact) mass is 770 g/mol. The van der Waals surface area contributed by atoms with E-state index < -0.39 is 5.41 Å². The summed E-state index contributed by atoms with van der Waals surface area (Å²) in [5.74, 6) is 0.725. The maximum atomic E-state index is 5.48. The molecule has 2 nitrogen and oxygen atoms in total. The topological polar surface area (TPSA) is 25.8 Å². The van der Waals surface area contributed by atoms with Crippen LogP contribution in [-0.4, -0.2) is 9.97 Å². The quantitative estimate of drug-likeness (QED) is 0.174. The second kappa shape index (κ2) is 12.8. The van der Waals surface area contributed by atoms with E-state index in [0.29, 0.717) is 0 Å². The highest BCUT2D eigenvalue weighted by molar-refractivity contribution is 7.25. The molecule has 2 aromatic heterocycles. The van der Waals surface area contributed by atoms with Gasteiger partial charge in [-0.15, -0.1) is 11.3 Å². The van der Waals surface area contributed by atoms with Gasteiger partial charge in [0, 0.05) is 42.3 Å². The van der Waals surface area contributed by atoms with E-state index in [1.807, 2.05) is 11.3 Å². The van der Waals surface area contributed by atoms with Crippen molar-refractivity contribution in [1.29, 1.82) is 0 Å². The average Bonchev–Trinajstić information content (AvgIpc) is 3.90. The van der Waals surface area contributed by atoms with Crippen LogP contribution < -0.4 is 0 Å². The van der Waals surface area contributed by atoms with Gasteiger partial charge in [-0.1, -0.05) is 172 Å². The number of nitrogens with zero attached hydrogens (tertiary/aromatic N) is 2. The van der Waals surface area contributed by atoms with Gasteiger partial charge in [0.25, 0.3) is 0 Å². The second-order valence-corrected chi connectivity index (χ2v) is 17.6. The largest absolute Gasteiger partial charge is 0.228 e. The number of hydrogen-bond donors (Lipinski definition) is 0. The molecule has 3 heteroatoms. The van der Waals surface area contributed by atoms with Gasteiger partial charge in [0.15, 0.2) is 5.82 Å². The number of aromatic nitrogens is 2. The van der Waals surface area contributed by atoms with Gasteiger partial charge in [-0.3, -0.25) is 0 Å². The molecule has 0 N–H and O–H groups in total. The van der Waals surface area contributed by atoms with E-state index in [4.69, 9.17) is 9.97 Å². The first-order chi connectivity index (χ1) is 29.0. The minimum atomic E-state index is -0.505. The summed E-state index contributed by atoms with van der Waals surface area (Å²) in [5.41, 5.74) is 17.2. The van der Waals surface area contributed by atoms with Crippen LogP contribution in [0.4, 0.5) is 0 Å². The van der Waals surface area contributed by atoms with Gasteiger partial charge in [-0.05, 0) is 92.0 Å². The maximum Gasteiger partial charge on any atom is 0.160 e. The molecule has 2 aliphatic rings. The minimum absolute atomic E-state index is 0.138. The highest BCUT2D eigenvalue weighted by atomic mass is 32.1. The fourth-order valence-corrected chi connectivity index (χ4v) is 11.3. The molecule has 0 spiro atoms. The summed E-state index contributed by atoms with van der Waals surface area (Å²) in [7, 11) is 0. The summed E-state index contributed by atoms with van der Waals surface area (Å²) >= 11 is 1.84. The first kappa shape index (κ1) is 34.1. The summed E-state index contributed by atoms with van der Waals surface area (Å²) in [4.78, 5) is 10.9. The van der Waals surface area contributed by atoms with Crippen molar-refractivity contribution in [3.63, 3.8) is 0 Å². The van der Waals surface area contributed by atoms with Gasteiger partial charge in [0.05, 0.1) is 16.8 Å². The van der Waals surface area contributed by atoms with Gasteiger partial charge >= 0.3 is 0 Å². The highest BCUT2D eigenvalue weighted by Gasteiger charge is 2.46. The van der Waals surface area contributed by atoms with E-state index in [-0.39, 0.29) is 5.41 Å². The summed E-state index contributed by atoms with van der Waals surface area (Å²) in [5, 5.41) is 2.54. The van der Waals surface area contributed by atoms with Crippen LogP contribution in [0.5, 0.6) is 0 Å². The first-order valence-electron chi connectivity index (χ1n) is 20.4. The van der Waals surface area contributed by atoms with Crippen LogP contribution in [0.15, 0.2) is 194 Å². The highest BCUT2D eigenvalue weighted by Crippen LogP contribution is 2.57. The molecular weight excluding hydrogens is 733 g/mol. The van der Waals surface area contributed by atoms with Crippen molar-refractivity contribution < 1.29 is 0 Å². The third-order valence-corrected chi connectivity index (χ3v) is 14.1. The van der Waals surface area contributed by atoms with Crippen molar-refractivity contribution in [1.82, 2.24) is 9.97 Å². The van der Waals surface area contributed by atoms with Crippen molar-refractivity contribution in [2.24, 2.45) is 0 Å². The molecule has 278 valence electrons. The van der Waals surface area contributed by atoms with Crippen LogP contribution in [-0.2, 0) is 10.8 Å². The van der Waals surface area contributed by atoms with E-state index in [2.05, 4.69) is 208 Å². The van der Waals surface area contributed by atoms with E-state index >= 15 is 0 Å². The van der Waals surface area contributed by atoms with Crippen molar-refractivity contribution in [2.75, 3.05) is 0 Å². The molecule has 59 heavy (non-hydrogen) atoms. The van der Waals surface area contributed by atoms with Crippen molar-refractivity contribution >= 4 is 31.5 Å². The Bertz CT molecular complexity index is 3260. The number of hydrogen-bond acceptors (Lipinski definition) is 3. The van der Waals surface area contributed by atoms with Crippen LogP contribution in [0.25, 0.3) is 76.3 Å². The van der Waals surface area contributed by atoms with Crippen molar-refractivity contribution in [3.05, 3.63) is 228 Å². The Labute approximate surface area is 348 Å². The number of benzene rings is 8. The molecule has 12 rings (SSSR count). The first-order valence-corrected chi connectivity index (χ1v) is 21.2. The molecular formula is C56H38N2S. The Kier molecular flexibility index (Phi) is 7.39. The number of thiophene rings is 1. The van der Waals surface area contributed by atoms with Crippen LogP contribution in [0.2, 0.25) is 0 Å². The van der Waals surface area contributed by atoms with Gasteiger partial charge in [-0.25, -0.2) is 9.97 Å². The maximum absolute atomic E-state index is 5.48. The molecule has 0 saturated carbocycles. The Morgan fingerprint density at radius 1 is 0.373 bits per heavy atom. The molecule has 2 heterocycles. The van der Waals surface area contributed by atoms with Gasteiger partial charge in [-0.2, -0.15) is 0 Å². The summed E-state index contributed by atoms with van der Waals surface area (Å²) in [6.07, 6.45) is 0. The summed E-state index contributed by atoms with van der Waals surface area (Å²) < 4.78 is 2.58. The van der Waals surface area contributed by atoms with E-state index in [9.17, 15) is 0 Å². The Morgan fingerprint density at radius 2 is 0.881 bits per heavy atom. The van der Waals surface area contributed by atoms with E-state index in [1.165, 1.54) is 75.8 Å². The smallest absolute Gasteiger partial charge is 0.160 e. The Morgan fingerprint density at radius 3 is 1.61 bits per heavy atom. The molecule has 8 aromatic carbocycles. The molecule has 0 atom stereocenters. The lowest BCUT2D eigenvalue weighted by Crippen LogP contribution is -2.28. The van der Waals surface area contributed by atoms with Crippen molar-refractivity contribution in [2.45, 2.75) is 24.7 Å². The number of rotatable bonds is 5. The van der Waals surface area contributed by atoms with Crippen molar-refractivity contribution in [3.8, 4) is 56.2 Å².